The van der Waals surface area contributed by atoms with Gasteiger partial charge >= 0.3 is 6.18 Å². The second kappa shape index (κ2) is 5.72. The predicted molar refractivity (Wildman–Crippen MR) is 88.1 cm³/mol. The van der Waals surface area contributed by atoms with Gasteiger partial charge in [0.15, 0.2) is 0 Å². The van der Waals surface area contributed by atoms with E-state index in [1.807, 2.05) is 25.1 Å². The Hall–Kier alpha value is -2.58. The Labute approximate surface area is 147 Å². The molecule has 2 aromatic carbocycles. The number of amides is 1. The zero-order valence-electron chi connectivity index (χ0n) is 13.8. The van der Waals surface area contributed by atoms with Crippen molar-refractivity contribution in [1.29, 1.82) is 0 Å². The average molecular weight is 363 g/mol. The number of anilines is 2. The molecule has 1 amide bonds. The minimum absolute atomic E-state index is 0.0634. The zero-order valence-corrected chi connectivity index (χ0v) is 13.8. The summed E-state index contributed by atoms with van der Waals surface area (Å²) >= 11 is 0. The monoisotopic (exact) mass is 363 g/mol. The lowest BCUT2D eigenvalue weighted by Crippen LogP contribution is -2.48. The summed E-state index contributed by atoms with van der Waals surface area (Å²) < 4.78 is 38.3. The van der Waals surface area contributed by atoms with Gasteiger partial charge in [-0.1, -0.05) is 25.1 Å². The van der Waals surface area contributed by atoms with E-state index in [4.69, 9.17) is 0 Å². The molecule has 2 aliphatic rings. The van der Waals surface area contributed by atoms with Gasteiger partial charge in [0.05, 0.1) is 16.9 Å². The van der Waals surface area contributed by atoms with Crippen molar-refractivity contribution < 1.29 is 23.2 Å². The van der Waals surface area contributed by atoms with Gasteiger partial charge in [0.25, 0.3) is 5.91 Å². The molecular weight excluding hydrogens is 347 g/mol. The van der Waals surface area contributed by atoms with Crippen LogP contribution in [-0.4, -0.2) is 22.4 Å². The summed E-state index contributed by atoms with van der Waals surface area (Å²) in [6.07, 6.45) is -3.78. The van der Waals surface area contributed by atoms with E-state index < -0.39 is 17.8 Å². The Morgan fingerprint density at radius 3 is 2.38 bits per heavy atom. The summed E-state index contributed by atoms with van der Waals surface area (Å²) in [4.78, 5) is 12.9. The normalized spacial score (nSPS) is 23.2. The Bertz CT molecular complexity index is 854. The molecule has 0 aliphatic carbocycles. The van der Waals surface area contributed by atoms with Crippen LogP contribution in [0, 0.1) is 5.92 Å². The molecule has 1 fully saturated rings. The van der Waals surface area contributed by atoms with Crippen molar-refractivity contribution in [3.05, 3.63) is 59.7 Å². The van der Waals surface area contributed by atoms with E-state index >= 15 is 0 Å². The molecule has 0 radical (unpaired) electrons. The Balaban J connectivity index is 1.73. The zero-order chi connectivity index (χ0) is 18.6. The third kappa shape index (κ3) is 2.45. The maximum absolute atomic E-state index is 12.9. The van der Waals surface area contributed by atoms with Crippen molar-refractivity contribution in [1.82, 2.24) is 5.28 Å². The van der Waals surface area contributed by atoms with Crippen molar-refractivity contribution in [2.24, 2.45) is 5.92 Å². The number of hydrogen-bond donors (Lipinski definition) is 1. The summed E-state index contributed by atoms with van der Waals surface area (Å²) in [7, 11) is 0. The summed E-state index contributed by atoms with van der Waals surface area (Å²) in [5.74, 6) is -0.444. The van der Waals surface area contributed by atoms with Gasteiger partial charge in [0.1, 0.15) is 6.04 Å². The minimum Gasteiger partial charge on any atom is -0.276 e. The number of nitrogens with zero attached hydrogens (tertiary/aromatic N) is 3. The topological polar surface area (TPSA) is 47.0 Å². The lowest BCUT2D eigenvalue weighted by Gasteiger charge is -2.37. The maximum atomic E-state index is 12.9. The van der Waals surface area contributed by atoms with Crippen LogP contribution >= 0.6 is 0 Å². The van der Waals surface area contributed by atoms with Gasteiger partial charge in [-0.3, -0.25) is 15.0 Å². The molecule has 136 valence electrons. The number of hydrazine groups is 2. The molecule has 8 heteroatoms. The predicted octanol–water partition coefficient (Wildman–Crippen LogP) is 3.64. The van der Waals surface area contributed by atoms with Crippen molar-refractivity contribution in [3.8, 4) is 0 Å². The lowest BCUT2D eigenvalue weighted by molar-refractivity contribution is -0.137. The maximum Gasteiger partial charge on any atom is 0.416 e. The highest BCUT2D eigenvalue weighted by molar-refractivity contribution is 6.01. The van der Waals surface area contributed by atoms with E-state index in [1.54, 1.807) is 6.07 Å². The number of hydrogen-bond acceptors (Lipinski definition) is 4. The highest BCUT2D eigenvalue weighted by Crippen LogP contribution is 2.41. The molecule has 2 heterocycles. The fraction of sp³-hybridized carbons (Fsp3) is 0.278. The fourth-order valence-electron chi connectivity index (χ4n) is 3.64. The molecule has 0 spiro atoms. The van der Waals surface area contributed by atoms with E-state index in [9.17, 15) is 23.2 Å². The summed E-state index contributed by atoms with van der Waals surface area (Å²) in [6.45, 7) is 1.91. The van der Waals surface area contributed by atoms with Crippen LogP contribution in [0.4, 0.5) is 24.5 Å². The van der Waals surface area contributed by atoms with Gasteiger partial charge in [-0.05, 0) is 48.2 Å². The summed E-state index contributed by atoms with van der Waals surface area (Å²) in [6, 6.07) is 11.0. The number of para-hydroxylation sites is 1. The molecule has 0 aromatic heterocycles. The number of carbonyl (C=O) groups excluding carboxylic acids is 1. The third-order valence-electron chi connectivity index (χ3n) is 4.86. The number of halogens is 3. The average Bonchev–Trinajstić information content (AvgIpc) is 2.86. The largest absolute Gasteiger partial charge is 0.416 e. The van der Waals surface area contributed by atoms with E-state index in [1.165, 1.54) is 17.1 Å². The fourth-order valence-corrected chi connectivity index (χ4v) is 3.64. The molecular formula is C18H16F3N3O2. The van der Waals surface area contributed by atoms with Gasteiger partial charge in [0.2, 0.25) is 0 Å². The highest BCUT2D eigenvalue weighted by atomic mass is 19.4. The number of benzene rings is 2. The minimum atomic E-state index is -4.46. The number of rotatable bonds is 1. The standard InChI is InChI=1S/C18H16F3N3O2/c1-11-10-12-4-2-3-5-15(12)23-16(11)17(25)22(24(23)26)14-8-6-13(7-9-14)18(19,20)21/h2-9,11,16,26H,10H2,1H3. The molecule has 2 aliphatic heterocycles. The first-order valence-corrected chi connectivity index (χ1v) is 8.16. The van der Waals surface area contributed by atoms with E-state index in [2.05, 4.69) is 0 Å². The quantitative estimate of drug-likeness (QED) is 0.840. The Kier molecular flexibility index (Phi) is 3.71. The van der Waals surface area contributed by atoms with Crippen molar-refractivity contribution in [2.45, 2.75) is 25.6 Å². The second-order valence-corrected chi connectivity index (χ2v) is 6.56. The van der Waals surface area contributed by atoms with Gasteiger partial charge in [-0.15, -0.1) is 0 Å². The van der Waals surface area contributed by atoms with Gasteiger partial charge in [0, 0.05) is 5.28 Å². The number of carbonyl (C=O) groups is 1. The van der Waals surface area contributed by atoms with Crippen LogP contribution in [0.3, 0.4) is 0 Å². The van der Waals surface area contributed by atoms with Gasteiger partial charge < -0.3 is 0 Å². The number of fused-ring (bicyclic) bond motifs is 3. The van der Waals surface area contributed by atoms with E-state index in [0.29, 0.717) is 17.4 Å². The van der Waals surface area contributed by atoms with Crippen molar-refractivity contribution in [2.75, 3.05) is 10.0 Å². The van der Waals surface area contributed by atoms with E-state index in [0.717, 1.165) is 22.7 Å². The van der Waals surface area contributed by atoms with Gasteiger partial charge in [-0.2, -0.15) is 18.2 Å². The molecule has 1 N–H and O–H groups in total. The molecule has 26 heavy (non-hydrogen) atoms. The van der Waals surface area contributed by atoms with Crippen LogP contribution in [0.2, 0.25) is 0 Å². The van der Waals surface area contributed by atoms with Crippen molar-refractivity contribution in [3.63, 3.8) is 0 Å². The summed E-state index contributed by atoms with van der Waals surface area (Å²) in [5, 5.41) is 13.8. The van der Waals surface area contributed by atoms with Crippen molar-refractivity contribution >= 4 is 17.3 Å². The molecule has 0 saturated carbocycles. The van der Waals surface area contributed by atoms with Crippen LogP contribution < -0.4 is 10.0 Å². The molecule has 1 saturated heterocycles. The smallest absolute Gasteiger partial charge is 0.276 e. The first-order chi connectivity index (χ1) is 12.3. The summed E-state index contributed by atoms with van der Waals surface area (Å²) in [5.41, 5.74) is 1.07. The van der Waals surface area contributed by atoms with Crippen LogP contribution in [-0.2, 0) is 17.4 Å². The van der Waals surface area contributed by atoms with Crippen LogP contribution in [0.5, 0.6) is 0 Å². The molecule has 2 aromatic rings. The first-order valence-electron chi connectivity index (χ1n) is 8.16. The van der Waals surface area contributed by atoms with Crippen LogP contribution in [0.15, 0.2) is 48.5 Å². The van der Waals surface area contributed by atoms with Gasteiger partial charge in [-0.25, -0.2) is 0 Å². The molecule has 5 nitrogen and oxygen atoms in total. The SMILES string of the molecule is CC1Cc2ccccc2N2C1C(=O)N(c1ccc(C(F)(F)F)cc1)N2O. The number of alkyl halides is 3. The molecule has 2 unspecified atom stereocenters. The lowest BCUT2D eigenvalue weighted by atomic mass is 9.88. The molecule has 0 bridgehead atoms. The third-order valence-corrected chi connectivity index (χ3v) is 4.86. The van der Waals surface area contributed by atoms with Crippen LogP contribution in [0.25, 0.3) is 0 Å². The highest BCUT2D eigenvalue weighted by Gasteiger charge is 2.51. The second-order valence-electron chi connectivity index (χ2n) is 6.56. The van der Waals surface area contributed by atoms with E-state index in [-0.39, 0.29) is 17.5 Å². The molecule has 4 rings (SSSR count). The Morgan fingerprint density at radius 1 is 1.08 bits per heavy atom. The molecule has 2 atom stereocenters. The van der Waals surface area contributed by atoms with Crippen LogP contribution in [0.1, 0.15) is 18.1 Å². The first kappa shape index (κ1) is 16.9. The Morgan fingerprint density at radius 2 is 1.73 bits per heavy atom.